The van der Waals surface area contributed by atoms with Gasteiger partial charge in [-0.25, -0.2) is 4.98 Å². The number of esters is 1. The van der Waals surface area contributed by atoms with Gasteiger partial charge in [0.15, 0.2) is 4.34 Å². The van der Waals surface area contributed by atoms with Gasteiger partial charge in [0.1, 0.15) is 5.78 Å². The number of nitrogens with zero attached hydrogens (tertiary/aromatic N) is 1. The number of rotatable bonds is 5. The van der Waals surface area contributed by atoms with Gasteiger partial charge in [-0.1, -0.05) is 23.4 Å². The molecule has 1 aromatic carbocycles. The fourth-order valence-electron chi connectivity index (χ4n) is 2.14. The van der Waals surface area contributed by atoms with E-state index < -0.39 is 16.6 Å². The van der Waals surface area contributed by atoms with E-state index in [1.165, 1.54) is 37.1 Å². The average Bonchev–Trinajstić information content (AvgIpc) is 2.84. The molecule has 0 aliphatic rings. The standard InChI is InChI=1S/C15H16ClNO3S2/c1-8(18)12(15(2,3)13(19)20-4)22-14-17-10-7-9(16)5-6-11(10)21-14/h5-7,12H,1-4H3. The van der Waals surface area contributed by atoms with Crippen LogP contribution in [0.5, 0.6) is 0 Å². The molecule has 0 spiro atoms. The molecule has 0 radical (unpaired) electrons. The smallest absolute Gasteiger partial charge is 0.312 e. The van der Waals surface area contributed by atoms with Crippen molar-refractivity contribution in [1.29, 1.82) is 0 Å². The van der Waals surface area contributed by atoms with E-state index in [1.54, 1.807) is 26.0 Å². The average molecular weight is 358 g/mol. The molecule has 22 heavy (non-hydrogen) atoms. The fourth-order valence-corrected chi connectivity index (χ4v) is 4.64. The normalized spacial score (nSPS) is 13.1. The van der Waals surface area contributed by atoms with E-state index in [0.29, 0.717) is 5.02 Å². The zero-order valence-corrected chi connectivity index (χ0v) is 15.1. The summed E-state index contributed by atoms with van der Waals surface area (Å²) >= 11 is 8.73. The number of carbonyl (C=O) groups excluding carboxylic acids is 2. The molecule has 7 heteroatoms. The predicted molar refractivity (Wildman–Crippen MR) is 90.8 cm³/mol. The number of thiazole rings is 1. The first kappa shape index (κ1) is 17.2. The Hall–Kier alpha value is -1.11. The van der Waals surface area contributed by atoms with E-state index in [0.717, 1.165) is 14.6 Å². The van der Waals surface area contributed by atoms with Gasteiger partial charge in [-0.2, -0.15) is 0 Å². The van der Waals surface area contributed by atoms with Crippen molar-refractivity contribution in [2.75, 3.05) is 7.11 Å². The summed E-state index contributed by atoms with van der Waals surface area (Å²) < 4.78 is 6.54. The summed E-state index contributed by atoms with van der Waals surface area (Å²) in [6.45, 7) is 4.90. The maximum atomic E-state index is 12.0. The van der Waals surface area contributed by atoms with E-state index in [-0.39, 0.29) is 5.78 Å². The first-order valence-corrected chi connectivity index (χ1v) is 8.64. The molecule has 0 saturated carbocycles. The van der Waals surface area contributed by atoms with Crippen molar-refractivity contribution in [1.82, 2.24) is 4.98 Å². The number of thioether (sulfide) groups is 1. The van der Waals surface area contributed by atoms with Gasteiger partial charge >= 0.3 is 5.97 Å². The number of fused-ring (bicyclic) bond motifs is 1. The molecular weight excluding hydrogens is 342 g/mol. The summed E-state index contributed by atoms with van der Waals surface area (Å²) in [6, 6.07) is 5.48. The Balaban J connectivity index is 2.34. The van der Waals surface area contributed by atoms with Crippen molar-refractivity contribution in [3.8, 4) is 0 Å². The molecule has 1 unspecified atom stereocenters. The zero-order valence-electron chi connectivity index (χ0n) is 12.7. The number of hydrogen-bond acceptors (Lipinski definition) is 6. The van der Waals surface area contributed by atoms with Crippen LogP contribution in [-0.4, -0.2) is 29.1 Å². The lowest BCUT2D eigenvalue weighted by Gasteiger charge is -2.28. The van der Waals surface area contributed by atoms with Gasteiger partial charge in [-0.3, -0.25) is 9.59 Å². The van der Waals surface area contributed by atoms with Crippen LogP contribution in [0.25, 0.3) is 10.2 Å². The molecule has 0 N–H and O–H groups in total. The number of ketones is 1. The van der Waals surface area contributed by atoms with Gasteiger partial charge in [0.05, 0.1) is 28.0 Å². The second-order valence-electron chi connectivity index (χ2n) is 5.41. The lowest BCUT2D eigenvalue weighted by Crippen LogP contribution is -2.40. The first-order valence-electron chi connectivity index (χ1n) is 6.57. The Kier molecular flexibility index (Phi) is 5.14. The summed E-state index contributed by atoms with van der Waals surface area (Å²) in [6.07, 6.45) is 0. The van der Waals surface area contributed by atoms with Gasteiger partial charge in [0, 0.05) is 5.02 Å². The number of benzene rings is 1. The van der Waals surface area contributed by atoms with Crippen LogP contribution in [0.1, 0.15) is 20.8 Å². The monoisotopic (exact) mass is 357 g/mol. The predicted octanol–water partition coefficient (Wildman–Crippen LogP) is 4.20. The molecular formula is C15H16ClNO3S2. The molecule has 2 aromatic rings. The molecule has 1 heterocycles. The molecule has 0 aliphatic carbocycles. The zero-order chi connectivity index (χ0) is 16.5. The molecule has 1 atom stereocenters. The summed E-state index contributed by atoms with van der Waals surface area (Å²) in [4.78, 5) is 28.5. The molecule has 0 saturated heterocycles. The fraction of sp³-hybridized carbons (Fsp3) is 0.400. The highest BCUT2D eigenvalue weighted by molar-refractivity contribution is 8.02. The quantitative estimate of drug-likeness (QED) is 0.593. The topological polar surface area (TPSA) is 56.3 Å². The van der Waals surface area contributed by atoms with Gasteiger partial charge in [0.2, 0.25) is 0 Å². The molecule has 4 nitrogen and oxygen atoms in total. The number of Topliss-reactive ketones (excluding diaryl/α,β-unsaturated/α-hetero) is 1. The third-order valence-corrected chi connectivity index (χ3v) is 6.34. The number of methoxy groups -OCH3 is 1. The van der Waals surface area contributed by atoms with Crippen molar-refractivity contribution >= 4 is 56.7 Å². The van der Waals surface area contributed by atoms with Crippen LogP contribution in [0.4, 0.5) is 0 Å². The Morgan fingerprint density at radius 2 is 2.09 bits per heavy atom. The third-order valence-electron chi connectivity index (χ3n) is 3.28. The number of aromatic nitrogens is 1. The van der Waals surface area contributed by atoms with Crippen LogP contribution in [0.15, 0.2) is 22.5 Å². The second kappa shape index (κ2) is 6.56. The summed E-state index contributed by atoms with van der Waals surface area (Å²) in [5, 5.41) is 0.0587. The van der Waals surface area contributed by atoms with Crippen LogP contribution in [0.2, 0.25) is 5.02 Å². The van der Waals surface area contributed by atoms with E-state index in [1.807, 2.05) is 6.07 Å². The number of hydrogen-bond donors (Lipinski definition) is 0. The van der Waals surface area contributed by atoms with E-state index in [4.69, 9.17) is 16.3 Å². The largest absolute Gasteiger partial charge is 0.469 e. The van der Waals surface area contributed by atoms with Crippen LogP contribution in [-0.2, 0) is 14.3 Å². The number of carbonyl (C=O) groups is 2. The Labute approximate surface area is 142 Å². The molecule has 0 amide bonds. The third kappa shape index (κ3) is 3.45. The lowest BCUT2D eigenvalue weighted by molar-refractivity contribution is -0.152. The number of halogens is 1. The second-order valence-corrected chi connectivity index (χ2v) is 8.23. The highest BCUT2D eigenvalue weighted by Gasteiger charge is 2.42. The van der Waals surface area contributed by atoms with Crippen molar-refractivity contribution in [3.63, 3.8) is 0 Å². The van der Waals surface area contributed by atoms with Crippen molar-refractivity contribution in [2.45, 2.75) is 30.4 Å². The van der Waals surface area contributed by atoms with Gasteiger partial charge < -0.3 is 4.74 Å². The first-order chi connectivity index (χ1) is 10.3. The highest BCUT2D eigenvalue weighted by Crippen LogP contribution is 2.40. The summed E-state index contributed by atoms with van der Waals surface area (Å²) in [5.74, 6) is -0.498. The number of ether oxygens (including phenoxy) is 1. The van der Waals surface area contributed by atoms with E-state index >= 15 is 0 Å². The Bertz CT molecular complexity index is 727. The van der Waals surface area contributed by atoms with Crippen molar-refractivity contribution < 1.29 is 14.3 Å². The molecule has 1 aromatic heterocycles. The highest BCUT2D eigenvalue weighted by atomic mass is 35.5. The minimum absolute atomic E-state index is 0.0855. The Morgan fingerprint density at radius 1 is 1.41 bits per heavy atom. The van der Waals surface area contributed by atoms with Gasteiger partial charge in [-0.15, -0.1) is 11.3 Å². The molecule has 2 rings (SSSR count). The van der Waals surface area contributed by atoms with Crippen LogP contribution in [0.3, 0.4) is 0 Å². The Morgan fingerprint density at radius 3 is 2.68 bits per heavy atom. The molecule has 0 aliphatic heterocycles. The minimum Gasteiger partial charge on any atom is -0.469 e. The summed E-state index contributed by atoms with van der Waals surface area (Å²) in [5.41, 5.74) is -0.140. The van der Waals surface area contributed by atoms with Crippen molar-refractivity contribution in [3.05, 3.63) is 23.2 Å². The maximum Gasteiger partial charge on any atom is 0.312 e. The van der Waals surface area contributed by atoms with E-state index in [2.05, 4.69) is 4.98 Å². The van der Waals surface area contributed by atoms with Crippen LogP contribution < -0.4 is 0 Å². The maximum absolute atomic E-state index is 12.0. The molecule has 0 fully saturated rings. The summed E-state index contributed by atoms with van der Waals surface area (Å²) in [7, 11) is 1.33. The SMILES string of the molecule is COC(=O)C(C)(C)C(Sc1nc2cc(Cl)ccc2s1)C(C)=O. The van der Waals surface area contributed by atoms with Crippen LogP contribution in [0, 0.1) is 5.41 Å². The lowest BCUT2D eigenvalue weighted by atomic mass is 9.87. The minimum atomic E-state index is -0.930. The van der Waals surface area contributed by atoms with Gasteiger partial charge in [0.25, 0.3) is 0 Å². The molecule has 118 valence electrons. The van der Waals surface area contributed by atoms with Crippen LogP contribution >= 0.6 is 34.7 Å². The van der Waals surface area contributed by atoms with Crippen molar-refractivity contribution in [2.24, 2.45) is 5.41 Å². The van der Waals surface area contributed by atoms with E-state index in [9.17, 15) is 9.59 Å². The van der Waals surface area contributed by atoms with Gasteiger partial charge in [-0.05, 0) is 39.0 Å². The molecule has 0 bridgehead atoms.